The number of phosphoric ester groups is 2. The molecule has 9 N–H and O–H groups in total. The van der Waals surface area contributed by atoms with E-state index in [4.69, 9.17) is 15.0 Å². The van der Waals surface area contributed by atoms with Gasteiger partial charge in [0.15, 0.2) is 5.71 Å². The Morgan fingerprint density at radius 1 is 0.870 bits per heavy atom. The summed E-state index contributed by atoms with van der Waals surface area (Å²) in [7, 11) is -25.5. The minimum atomic E-state index is -5.76. The van der Waals surface area contributed by atoms with E-state index in [1.54, 1.807) is 12.1 Å². The highest BCUT2D eigenvalue weighted by atomic mass is 32.2. The number of aliphatic hydroxyl groups excluding tert-OH is 1. The lowest BCUT2D eigenvalue weighted by Crippen LogP contribution is -2.28. The van der Waals surface area contributed by atoms with Crippen molar-refractivity contribution in [2.45, 2.75) is 131 Å². The zero-order valence-corrected chi connectivity index (χ0v) is 47.2. The summed E-state index contributed by atoms with van der Waals surface area (Å²) >= 11 is 0. The molecular formula is C46H66N6O20P3S2+. The highest BCUT2D eigenvalue weighted by Crippen LogP contribution is 2.68. The van der Waals surface area contributed by atoms with Gasteiger partial charge in [-0.1, -0.05) is 32.8 Å². The van der Waals surface area contributed by atoms with E-state index in [2.05, 4.69) is 32.9 Å². The third kappa shape index (κ3) is 15.7. The summed E-state index contributed by atoms with van der Waals surface area (Å²) in [6.45, 7) is 9.98. The Bertz CT molecular complexity index is 3240. The fraction of sp³-hybridized carbons (Fsp3) is 0.522. The molecule has 2 aromatic carbocycles. The van der Waals surface area contributed by atoms with Crippen molar-refractivity contribution in [2.75, 3.05) is 43.5 Å². The van der Waals surface area contributed by atoms with Crippen molar-refractivity contribution in [3.63, 3.8) is 0 Å². The first kappa shape index (κ1) is 61.9. The molecule has 3 aliphatic rings. The van der Waals surface area contributed by atoms with E-state index in [9.17, 15) is 69.0 Å². The first-order chi connectivity index (χ1) is 35.8. The molecule has 0 radical (unpaired) electrons. The van der Waals surface area contributed by atoms with Crippen molar-refractivity contribution in [3.05, 3.63) is 94.2 Å². The summed E-state index contributed by atoms with van der Waals surface area (Å²) in [5, 5.41) is 13.2. The van der Waals surface area contributed by atoms with E-state index in [1.165, 1.54) is 36.5 Å². The Labute approximate surface area is 445 Å². The fourth-order valence-corrected chi connectivity index (χ4v) is 14.0. The SMILES string of the molecule is CCN1C(=CC=CC2=[N+](CCCCCC(=O)NCCCCCCOP(=O)(O)OP(=O)(O)OP(=O)(O)OC[C@H]3O[C@@H](n4ccc(N)nc4=O)C[C@@H]3O)c3ccc(S(=O)(=O)O)cc3C2(C)C)C(C)(C)c2cc(S(=O)(=O)O)ccc21. The molecule has 1 saturated heterocycles. The second-order valence-corrected chi connectivity index (χ2v) is 27.0. The molecule has 1 fully saturated rings. The molecule has 77 heavy (non-hydrogen) atoms. The molecule has 0 aliphatic carbocycles. The maximum absolute atomic E-state index is 12.7. The van der Waals surface area contributed by atoms with Crippen molar-refractivity contribution in [3.8, 4) is 0 Å². The lowest BCUT2D eigenvalue weighted by Gasteiger charge is -2.25. The molecule has 6 rings (SSSR count). The van der Waals surface area contributed by atoms with Crippen LogP contribution in [0.5, 0.6) is 0 Å². The third-order valence-electron chi connectivity index (χ3n) is 13.3. The van der Waals surface area contributed by atoms with Gasteiger partial charge >= 0.3 is 29.2 Å². The molecule has 0 saturated carbocycles. The van der Waals surface area contributed by atoms with Gasteiger partial charge in [-0.05, 0) is 94.5 Å². The van der Waals surface area contributed by atoms with E-state index in [0.29, 0.717) is 63.7 Å². The normalized spacial score (nSPS) is 22.0. The summed E-state index contributed by atoms with van der Waals surface area (Å²) in [5.74, 6) is -0.221. The van der Waals surface area contributed by atoms with Crippen LogP contribution in [-0.4, -0.2) is 117 Å². The Kier molecular flexibility index (Phi) is 19.8. The highest BCUT2D eigenvalue weighted by molar-refractivity contribution is 7.86. The number of benzene rings is 2. The predicted octanol–water partition coefficient (Wildman–Crippen LogP) is 5.91. The number of nitrogens with one attached hydrogen (secondary N) is 1. The predicted molar refractivity (Wildman–Crippen MR) is 280 cm³/mol. The maximum atomic E-state index is 12.7. The van der Waals surface area contributed by atoms with Gasteiger partial charge in [0.2, 0.25) is 11.6 Å². The number of phosphoric acid groups is 3. The largest absolute Gasteiger partial charge is 0.490 e. The first-order valence-electron chi connectivity index (χ1n) is 24.5. The van der Waals surface area contributed by atoms with Crippen molar-refractivity contribution in [1.29, 1.82) is 0 Å². The van der Waals surface area contributed by atoms with Crippen LogP contribution in [0.15, 0.2) is 87.2 Å². The van der Waals surface area contributed by atoms with Crippen molar-refractivity contribution >= 4 is 72.5 Å². The highest BCUT2D eigenvalue weighted by Gasteiger charge is 2.47. The number of fused-ring (bicyclic) bond motifs is 2. The number of anilines is 2. The molecule has 3 unspecified atom stereocenters. The minimum absolute atomic E-state index is 0.0579. The third-order valence-corrected chi connectivity index (χ3v) is 19.2. The van der Waals surface area contributed by atoms with Crippen LogP contribution in [0.1, 0.15) is 110 Å². The van der Waals surface area contributed by atoms with E-state index < -0.39 is 91.9 Å². The number of nitrogens with zero attached hydrogens (tertiary/aromatic N) is 4. The topological polar surface area (TPSA) is 383 Å². The summed E-state index contributed by atoms with van der Waals surface area (Å²) in [4.78, 5) is 59.8. The number of aliphatic hydroxyl groups is 1. The lowest BCUT2D eigenvalue weighted by molar-refractivity contribution is -0.438. The van der Waals surface area contributed by atoms with Crippen LogP contribution in [0, 0.1) is 0 Å². The Balaban J connectivity index is 0.918. The second kappa shape index (κ2) is 24.6. The van der Waals surface area contributed by atoms with Gasteiger partial charge in [-0.15, -0.1) is 0 Å². The standard InChI is InChI=1S/C46H65N6O20P3S2/c1-6-50-35-20-18-31(76(62,63)64)27-33(35)45(2,3)39(50)15-14-16-40-46(4,5)34-28-32(77(65,66)67)19-21-36(34)51(40)24-12-9-10-17-42(54)48-23-11-7-8-13-26-68-73(56,57)71-75(60,61)72-74(58,59)69-30-38-37(53)29-43(70-38)52-25-22-41(47)49-44(52)55/h14-16,18-22,25,27-28,37-38,43,53H,6-13,17,23-24,26,29-30H2,1-5H3,(H7-,47,48,49,54,55,56,57,58,59,60,61,62,63,64,65,66,67)/p+1/t37-,38+,43+/m0/s1. The van der Waals surface area contributed by atoms with Gasteiger partial charge in [0.25, 0.3) is 20.2 Å². The van der Waals surface area contributed by atoms with E-state index in [0.717, 1.165) is 32.9 Å². The van der Waals surface area contributed by atoms with Crippen LogP contribution in [0.2, 0.25) is 0 Å². The molecule has 3 aromatic rings. The second-order valence-electron chi connectivity index (χ2n) is 19.5. The zero-order valence-electron chi connectivity index (χ0n) is 42.9. The molecule has 1 amide bonds. The number of ether oxygens (including phenoxy) is 1. The average molecular weight is 1180 g/mol. The number of carbonyl (C=O) groups is 1. The van der Waals surface area contributed by atoms with Gasteiger partial charge in [-0.25, -0.2) is 18.5 Å². The number of hydrogen-bond donors (Lipinski definition) is 8. The van der Waals surface area contributed by atoms with Crippen molar-refractivity contribution < 1.29 is 91.2 Å². The number of nitrogens with two attached hydrogens (primary N) is 1. The van der Waals surface area contributed by atoms with Crippen LogP contribution in [0.25, 0.3) is 0 Å². The van der Waals surface area contributed by atoms with Gasteiger partial charge in [0.1, 0.15) is 24.7 Å². The fourth-order valence-electron chi connectivity index (χ4n) is 9.42. The number of carbonyl (C=O) groups excluding carboxylic acids is 1. The molecular weight excluding hydrogens is 1110 g/mol. The van der Waals surface area contributed by atoms with Gasteiger partial charge in [0, 0.05) is 73.1 Å². The molecule has 1 aromatic heterocycles. The summed E-state index contributed by atoms with van der Waals surface area (Å²) in [6, 6.07) is 10.3. The van der Waals surface area contributed by atoms with E-state index >= 15 is 0 Å². The molecule has 0 spiro atoms. The Hall–Kier alpha value is -4.31. The molecule has 3 aliphatic heterocycles. The number of unbranched alkanes of at least 4 members (excludes halogenated alkanes) is 5. The van der Waals surface area contributed by atoms with E-state index in [1.807, 2.05) is 52.8 Å². The number of allylic oxidation sites excluding steroid dienone is 4. The number of rotatable bonds is 27. The zero-order chi connectivity index (χ0) is 56.9. The summed E-state index contributed by atoms with van der Waals surface area (Å²) in [5.41, 5.74) is 8.09. The quantitative estimate of drug-likeness (QED) is 0.0190. The maximum Gasteiger partial charge on any atom is 0.490 e. The number of likely N-dealkylation sites (N-methyl/N-ethyl adjacent to an activating group) is 1. The van der Waals surface area contributed by atoms with Gasteiger partial charge in [0.05, 0.1) is 34.5 Å². The van der Waals surface area contributed by atoms with E-state index in [-0.39, 0.29) is 40.8 Å². The monoisotopic (exact) mass is 1180 g/mol. The number of amides is 1. The lowest BCUT2D eigenvalue weighted by atomic mass is 9.81. The van der Waals surface area contributed by atoms with Gasteiger partial charge in [-0.2, -0.15) is 35.0 Å². The molecule has 4 heterocycles. The summed E-state index contributed by atoms with van der Waals surface area (Å²) in [6.07, 6.45) is 7.11. The number of aromatic nitrogens is 2. The molecule has 0 bridgehead atoms. The smallest absolute Gasteiger partial charge is 0.390 e. The van der Waals surface area contributed by atoms with Crippen molar-refractivity contribution in [2.24, 2.45) is 0 Å². The van der Waals surface area contributed by atoms with Crippen LogP contribution in [-0.2, 0) is 72.0 Å². The molecule has 26 nitrogen and oxygen atoms in total. The minimum Gasteiger partial charge on any atom is -0.390 e. The van der Waals surface area contributed by atoms with Gasteiger partial charge < -0.3 is 40.5 Å². The molecule has 31 heteroatoms. The average Bonchev–Trinajstić information content (AvgIpc) is 3.91. The van der Waals surface area contributed by atoms with Crippen LogP contribution in [0.4, 0.5) is 17.2 Å². The van der Waals surface area contributed by atoms with Crippen LogP contribution < -0.4 is 21.6 Å². The number of nitrogen functional groups attached to an aromatic ring is 1. The van der Waals surface area contributed by atoms with Gasteiger partial charge in [-0.3, -0.25) is 27.5 Å². The van der Waals surface area contributed by atoms with Crippen LogP contribution >= 0.6 is 23.5 Å². The Morgan fingerprint density at radius 2 is 1.49 bits per heavy atom. The van der Waals surface area contributed by atoms with Crippen molar-refractivity contribution in [1.82, 2.24) is 14.9 Å². The number of hydrogen-bond acceptors (Lipinski definition) is 18. The first-order valence-corrected chi connectivity index (χ1v) is 31.8. The molecule has 426 valence electrons. The Morgan fingerprint density at radius 3 is 2.14 bits per heavy atom. The molecule has 6 atom stereocenters. The van der Waals surface area contributed by atoms with Crippen LogP contribution in [0.3, 0.4) is 0 Å². The summed E-state index contributed by atoms with van der Waals surface area (Å²) < 4.78 is 131.